The predicted molar refractivity (Wildman–Crippen MR) is 536 cm³/mol. The number of nitrogens with two attached hydrogens (primary N) is 4. The molecule has 0 fully saturated rings. The number of H-pyrrole nitrogens is 1. The lowest BCUT2D eigenvalue weighted by Crippen LogP contribution is -1.98. The van der Waals surface area contributed by atoms with Crippen molar-refractivity contribution in [2.75, 3.05) is 35.3 Å². The first-order valence-electron chi connectivity index (χ1n) is 42.3. The number of phenolic OH excluding ortho intramolecular Hbond substituents is 1. The van der Waals surface area contributed by atoms with Crippen molar-refractivity contribution in [2.45, 2.75) is 20.8 Å². The van der Waals surface area contributed by atoms with E-state index in [1.807, 2.05) is 135 Å². The minimum absolute atomic E-state index is 0.216. The Morgan fingerprint density at radius 1 is 0.328 bits per heavy atom. The number of hydrogen-bond donors (Lipinski definition) is 12. The number of fused-ring (bicyclic) bond motifs is 1. The van der Waals surface area contributed by atoms with Gasteiger partial charge in [-0.05, 0) is 184 Å². The van der Waals surface area contributed by atoms with E-state index < -0.39 is 11.6 Å². The van der Waals surface area contributed by atoms with Crippen LogP contribution in [0.3, 0.4) is 0 Å². The largest absolute Gasteiger partial charge is 0.508 e. The first-order chi connectivity index (χ1) is 66.5. The lowest BCUT2D eigenvalue weighted by atomic mass is 9.97. The van der Waals surface area contributed by atoms with Crippen LogP contribution in [-0.4, -0.2) is 108 Å². The molecule has 0 saturated heterocycles. The summed E-state index contributed by atoms with van der Waals surface area (Å²) in [6, 6.07) is 75.8. The quantitative estimate of drug-likeness (QED) is 0.0280. The fourth-order valence-electron chi connectivity index (χ4n) is 14.7. The topological polar surface area (TPSA) is 450 Å². The fourth-order valence-corrected chi connectivity index (χ4v) is 14.7. The Labute approximate surface area is 785 Å². The van der Waals surface area contributed by atoms with E-state index in [-0.39, 0.29) is 17.4 Å². The van der Waals surface area contributed by atoms with Gasteiger partial charge < -0.3 is 60.4 Å². The van der Waals surface area contributed by atoms with Crippen molar-refractivity contribution in [2.24, 2.45) is 0 Å². The Kier molecular flexibility index (Phi) is 30.3. The second-order valence-electron chi connectivity index (χ2n) is 30.7. The zero-order valence-corrected chi connectivity index (χ0v) is 74.1. The van der Waals surface area contributed by atoms with Crippen LogP contribution >= 0.6 is 0 Å². The lowest BCUT2D eigenvalue weighted by molar-refractivity contribution is 0.475. The third-order valence-corrected chi connectivity index (χ3v) is 21.5. The Morgan fingerprint density at radius 3 is 1.15 bits per heavy atom. The number of pyridine rings is 11. The number of benzene rings is 7. The molecule has 0 aliphatic carbocycles. The molecule has 29 heteroatoms. The number of rotatable bonds is 18. The minimum atomic E-state index is -0.934. The Balaban J connectivity index is 0.000000131. The fraction of sp³-hybridized carbons (Fsp3) is 0.0370. The zero-order valence-electron chi connectivity index (χ0n) is 74.1. The van der Waals surface area contributed by atoms with Gasteiger partial charge in [0, 0.05) is 212 Å². The number of aromatic hydroxyl groups is 1. The van der Waals surface area contributed by atoms with Gasteiger partial charge >= 0.3 is 0 Å². The third kappa shape index (κ3) is 22.5. The molecule has 0 spiro atoms. The molecule has 137 heavy (non-hydrogen) atoms. The van der Waals surface area contributed by atoms with Crippen molar-refractivity contribution in [3.8, 4) is 146 Å². The molecule has 0 radical (unpaired) electrons. The number of nitrogens with one attached hydrogen (secondary N) is 7. The van der Waals surface area contributed by atoms with Crippen molar-refractivity contribution in [1.82, 2.24) is 65.0 Å². The van der Waals surface area contributed by atoms with Crippen LogP contribution < -0.4 is 28.3 Å². The number of halogens is 4. The highest BCUT2D eigenvalue weighted by molar-refractivity contribution is 5.94. The number of hydrogen-bond acceptors (Lipinski definition) is 24. The number of nitrogen functional groups attached to an aromatic ring is 4. The van der Waals surface area contributed by atoms with E-state index in [0.717, 1.165) is 166 Å². The van der Waals surface area contributed by atoms with E-state index in [4.69, 9.17) is 55.2 Å². The second kappa shape index (κ2) is 44.1. The number of anilines is 5. The molecule has 0 aliphatic heterocycles. The van der Waals surface area contributed by atoms with Crippen LogP contribution in [0.25, 0.3) is 145 Å². The van der Waals surface area contributed by atoms with Crippen LogP contribution in [0.1, 0.15) is 50.6 Å². The third-order valence-electron chi connectivity index (χ3n) is 21.5. The van der Waals surface area contributed by atoms with Crippen molar-refractivity contribution in [3.63, 3.8) is 0 Å². The van der Waals surface area contributed by atoms with Gasteiger partial charge in [-0.3, -0.25) is 59.9 Å². The van der Waals surface area contributed by atoms with Crippen LogP contribution in [0.4, 0.5) is 46.0 Å². The van der Waals surface area contributed by atoms with E-state index in [1.54, 1.807) is 166 Å². The molecule has 0 amide bonds. The van der Waals surface area contributed by atoms with E-state index in [0.29, 0.717) is 90.3 Å². The minimum Gasteiger partial charge on any atom is -0.508 e. The van der Waals surface area contributed by atoms with Crippen LogP contribution in [0, 0.1) is 82.4 Å². The molecule has 19 aromatic rings. The lowest BCUT2D eigenvalue weighted by Gasteiger charge is -2.12. The van der Waals surface area contributed by atoms with E-state index in [1.165, 1.54) is 30.0 Å². The molecule has 0 bridgehead atoms. The highest BCUT2D eigenvalue weighted by Gasteiger charge is 2.21. The summed E-state index contributed by atoms with van der Waals surface area (Å²) in [6.45, 7) is 5.72. The summed E-state index contributed by atoms with van der Waals surface area (Å²) in [4.78, 5) is 47.7. The molecule has 0 unspecified atom stereocenters. The summed E-state index contributed by atoms with van der Waals surface area (Å²) in [7, 11) is 1.84. The molecule has 0 saturated carbocycles. The average Bonchev–Trinajstić information content (AvgIpc) is 1.57. The summed E-state index contributed by atoms with van der Waals surface area (Å²) < 4.78 is 54.4. The highest BCUT2D eigenvalue weighted by atomic mass is 19.2. The Hall–Kier alpha value is -19.0. The van der Waals surface area contributed by atoms with Gasteiger partial charge in [-0.15, -0.1) is 0 Å². The molecular formula is C108H86F4N24O. The smallest absolute Gasteiger partial charge is 0.159 e. The highest BCUT2D eigenvalue weighted by Crippen LogP contribution is 2.40. The molecule has 19 rings (SSSR count). The van der Waals surface area contributed by atoms with E-state index in [2.05, 4.69) is 95.5 Å². The predicted octanol–water partition coefficient (Wildman–Crippen LogP) is 22.8. The van der Waals surface area contributed by atoms with Gasteiger partial charge in [-0.2, -0.15) is 10.4 Å². The van der Waals surface area contributed by atoms with Crippen LogP contribution in [-0.2, 0) is 0 Å². The molecule has 672 valence electrons. The van der Waals surface area contributed by atoms with Crippen molar-refractivity contribution in [1.29, 1.82) is 32.3 Å². The van der Waals surface area contributed by atoms with Gasteiger partial charge in [0.2, 0.25) is 0 Å². The molecule has 0 aliphatic rings. The maximum atomic E-state index is 14.2. The molecule has 0 atom stereocenters. The van der Waals surface area contributed by atoms with Gasteiger partial charge in [0.15, 0.2) is 11.6 Å². The van der Waals surface area contributed by atoms with Gasteiger partial charge in [0.05, 0.1) is 80.3 Å². The summed E-state index contributed by atoms with van der Waals surface area (Å²) in [5.41, 5.74) is 52.9. The molecule has 7 aromatic carbocycles. The molecule has 12 heterocycles. The van der Waals surface area contributed by atoms with Crippen molar-refractivity contribution < 1.29 is 22.7 Å². The number of nitriles is 1. The van der Waals surface area contributed by atoms with Gasteiger partial charge in [-0.25, -0.2) is 17.6 Å². The molecule has 16 N–H and O–H groups in total. The summed E-state index contributed by atoms with van der Waals surface area (Å²) in [6.07, 6.45) is 26.0. The first kappa shape index (κ1) is 94.1. The summed E-state index contributed by atoms with van der Waals surface area (Å²) >= 11 is 0. The number of aromatic amines is 1. The van der Waals surface area contributed by atoms with Gasteiger partial charge in [0.1, 0.15) is 45.7 Å². The number of aromatic nitrogens is 13. The normalized spacial score (nSPS) is 10.5. The Bertz CT molecular complexity index is 7750. The van der Waals surface area contributed by atoms with Crippen LogP contribution in [0.5, 0.6) is 5.75 Å². The molecule has 25 nitrogen and oxygen atoms in total. The SMILES string of the molecule is CNc1cc(-c2cccnc2-c2cccc(O)c2)ccc1C=N.Cc1cc(-c2ncccc2-c2cnc3cn[nH]c3c2)ccc1F.Cc1ccc(F)c(-c2ncccc2-c2cnc(C=N)c(N)c2)c1.Cc1cccc(-c2ncccc2-c2cnc(C=N)c(N)c2)c1.N#Cc1cccc(-c2ncccc2-c2cnc(C=N)c(N)c2)c1.N=Cc1ncc(-c2cccnc2-c2ccc(F)c(F)c2)cc1N. The van der Waals surface area contributed by atoms with E-state index in [9.17, 15) is 22.7 Å². The maximum Gasteiger partial charge on any atom is 0.159 e. The van der Waals surface area contributed by atoms with Crippen molar-refractivity contribution in [3.05, 3.63) is 397 Å². The zero-order chi connectivity index (χ0) is 96.6. The van der Waals surface area contributed by atoms with Crippen LogP contribution in [0.15, 0.2) is 323 Å². The van der Waals surface area contributed by atoms with Gasteiger partial charge in [-0.1, -0.05) is 108 Å². The van der Waals surface area contributed by atoms with E-state index >= 15 is 0 Å². The summed E-state index contributed by atoms with van der Waals surface area (Å²) in [5.74, 6) is -2.17. The van der Waals surface area contributed by atoms with Crippen LogP contribution in [0.2, 0.25) is 0 Å². The summed E-state index contributed by atoms with van der Waals surface area (Å²) in [5, 5.41) is 65.3. The monoisotopic (exact) mass is 1810 g/mol. The number of nitrogens with zero attached hydrogens (tertiary/aromatic N) is 13. The van der Waals surface area contributed by atoms with Crippen molar-refractivity contribution >= 4 is 70.5 Å². The maximum absolute atomic E-state index is 14.2. The molecule has 12 aromatic heterocycles. The Morgan fingerprint density at radius 2 is 0.715 bits per heavy atom. The second-order valence-corrected chi connectivity index (χ2v) is 30.7. The average molecular weight is 1810 g/mol. The van der Waals surface area contributed by atoms with Gasteiger partial charge in [0.25, 0.3) is 0 Å². The molecular weight excluding hydrogens is 1730 g/mol. The standard InChI is InChI=1S/C19H17N3O.C18H13FN4.C18H15FN4.C18H13N5.C18H16N4.C17H12F2N4/c1-21-18-11-13(7-8-15(18)12-20)17-6-3-9-22-19(17)14-4-2-5-16(23)10-14;1-11-7-12(4-5-15(11)19)18-14(3-2-6-20-18)13-8-16-17(21-9-13)10-22-23-16;1-11-4-5-15(19)14(7-11)18-13(3-2-6-22-18)12-8-16(21)17(9-20)23-10-12;19-9-12-3-1-4-13(7-12)18-15(5-2-6-22-18)14-8-16(21)17(10-20)23-11-14;1-12-4-2-5-13(8-12)18-15(6-3-7-21-18)14-9-16(20)17(10-19)22-11-14;18-13-4-3-10(6-14(13)19)17-12(2-1-5-22-17)11-7-15(21)16(8-20)23-9-11/h2-12,20-21,23H,1H3;2-10H,1H3,(H,22,23);2-10,20H,21H2,1H3;1-8,10-11,20H,21H2;2-11,19H,20H2,1H3;1-9,20H,21H2. The number of aryl methyl sites for hydroxylation is 3. The number of phenols is 1. The first-order valence-corrected chi connectivity index (χ1v) is 42.3.